The van der Waals surface area contributed by atoms with Crippen molar-refractivity contribution in [1.82, 2.24) is 0 Å². The van der Waals surface area contributed by atoms with Crippen molar-refractivity contribution in [3.05, 3.63) is 65.9 Å². The largest absolute Gasteiger partial charge is 0.504 e. The summed E-state index contributed by atoms with van der Waals surface area (Å²) in [6, 6.07) is 15.8. The molecule has 3 heteroatoms. The molecule has 0 saturated heterocycles. The number of hydrogen-bond donors (Lipinski definition) is 1. The SMILES string of the molecule is CO/C=C(\c1ccc(OC)cc1)c1ccccc1S. The predicted molar refractivity (Wildman–Crippen MR) is 80.8 cm³/mol. The first-order valence-electron chi connectivity index (χ1n) is 5.92. The monoisotopic (exact) mass is 272 g/mol. The molecule has 2 aromatic carbocycles. The summed E-state index contributed by atoms with van der Waals surface area (Å²) in [5.74, 6) is 0.833. The molecule has 0 aliphatic carbocycles. The second-order valence-electron chi connectivity index (χ2n) is 4.01. The summed E-state index contributed by atoms with van der Waals surface area (Å²) in [6.45, 7) is 0. The number of hydrogen-bond acceptors (Lipinski definition) is 3. The molecule has 19 heavy (non-hydrogen) atoms. The van der Waals surface area contributed by atoms with Crippen LogP contribution in [-0.4, -0.2) is 14.2 Å². The van der Waals surface area contributed by atoms with Gasteiger partial charge >= 0.3 is 0 Å². The van der Waals surface area contributed by atoms with Crippen molar-refractivity contribution in [2.24, 2.45) is 0 Å². The van der Waals surface area contributed by atoms with Crippen molar-refractivity contribution in [1.29, 1.82) is 0 Å². The molecule has 98 valence electrons. The second-order valence-corrected chi connectivity index (χ2v) is 4.49. The van der Waals surface area contributed by atoms with E-state index in [1.54, 1.807) is 20.5 Å². The van der Waals surface area contributed by atoms with Gasteiger partial charge in [-0.05, 0) is 29.3 Å². The maximum Gasteiger partial charge on any atom is 0.118 e. The van der Waals surface area contributed by atoms with E-state index in [-0.39, 0.29) is 0 Å². The highest BCUT2D eigenvalue weighted by molar-refractivity contribution is 7.80. The molecule has 0 N–H and O–H groups in total. The molecule has 0 aliphatic rings. The van der Waals surface area contributed by atoms with Crippen molar-refractivity contribution >= 4 is 18.2 Å². The Labute approximate surface area is 119 Å². The molecule has 0 amide bonds. The number of rotatable bonds is 4. The van der Waals surface area contributed by atoms with E-state index in [0.717, 1.165) is 27.3 Å². The molecule has 0 fully saturated rings. The molecule has 2 nitrogen and oxygen atoms in total. The van der Waals surface area contributed by atoms with E-state index in [2.05, 4.69) is 12.6 Å². The molecular formula is C16H16O2S. The van der Waals surface area contributed by atoms with Crippen LogP contribution in [0, 0.1) is 0 Å². The van der Waals surface area contributed by atoms with Gasteiger partial charge in [-0.2, -0.15) is 0 Å². The Kier molecular flexibility index (Phi) is 4.53. The lowest BCUT2D eigenvalue weighted by molar-refractivity contribution is 0.340. The topological polar surface area (TPSA) is 18.5 Å². The molecule has 0 atom stereocenters. The van der Waals surface area contributed by atoms with Crippen molar-refractivity contribution in [2.45, 2.75) is 4.90 Å². The van der Waals surface area contributed by atoms with E-state index in [1.165, 1.54) is 0 Å². The summed E-state index contributed by atoms with van der Waals surface area (Å²) < 4.78 is 10.4. The first kappa shape index (κ1) is 13.6. The molecule has 0 radical (unpaired) electrons. The van der Waals surface area contributed by atoms with Gasteiger partial charge in [-0.15, -0.1) is 12.6 Å². The standard InChI is InChI=1S/C16H16O2S/c1-17-11-15(14-5-3-4-6-16(14)19)12-7-9-13(18-2)10-8-12/h3-11,19H,1-2H3/b15-11+. The smallest absolute Gasteiger partial charge is 0.118 e. The van der Waals surface area contributed by atoms with Crippen LogP contribution in [0.5, 0.6) is 5.75 Å². The number of benzene rings is 2. The Bertz CT molecular complexity index is 574. The van der Waals surface area contributed by atoms with E-state index < -0.39 is 0 Å². The summed E-state index contributed by atoms with van der Waals surface area (Å²) in [7, 11) is 3.30. The lowest BCUT2D eigenvalue weighted by Crippen LogP contribution is -1.91. The number of ether oxygens (including phenoxy) is 2. The van der Waals surface area contributed by atoms with Crippen LogP contribution in [-0.2, 0) is 4.74 Å². The Hall–Kier alpha value is -1.87. The molecule has 0 saturated carbocycles. The first-order chi connectivity index (χ1) is 9.26. The average Bonchev–Trinajstić information content (AvgIpc) is 2.46. The average molecular weight is 272 g/mol. The Morgan fingerprint density at radius 2 is 1.68 bits per heavy atom. The molecule has 0 bridgehead atoms. The molecule has 0 heterocycles. The van der Waals surface area contributed by atoms with E-state index in [1.807, 2.05) is 48.5 Å². The van der Waals surface area contributed by atoms with E-state index in [9.17, 15) is 0 Å². The van der Waals surface area contributed by atoms with E-state index in [0.29, 0.717) is 0 Å². The third-order valence-electron chi connectivity index (χ3n) is 2.83. The Balaban J connectivity index is 2.46. The summed E-state index contributed by atoms with van der Waals surface area (Å²) in [5.41, 5.74) is 3.10. The van der Waals surface area contributed by atoms with Crippen LogP contribution < -0.4 is 4.74 Å². The number of thiol groups is 1. The fourth-order valence-electron chi connectivity index (χ4n) is 1.88. The van der Waals surface area contributed by atoms with Gasteiger partial charge in [-0.3, -0.25) is 0 Å². The normalized spacial score (nSPS) is 11.2. The molecule has 0 aromatic heterocycles. The third-order valence-corrected chi connectivity index (χ3v) is 3.22. The lowest BCUT2D eigenvalue weighted by atomic mass is 9.99. The third kappa shape index (κ3) is 3.12. The van der Waals surface area contributed by atoms with Gasteiger partial charge in [0.25, 0.3) is 0 Å². The van der Waals surface area contributed by atoms with Gasteiger partial charge in [-0.25, -0.2) is 0 Å². The minimum Gasteiger partial charge on any atom is -0.504 e. The Morgan fingerprint density at radius 3 is 2.26 bits per heavy atom. The maximum atomic E-state index is 5.20. The maximum absolute atomic E-state index is 5.20. The van der Waals surface area contributed by atoms with E-state index >= 15 is 0 Å². The first-order valence-corrected chi connectivity index (χ1v) is 6.36. The highest BCUT2D eigenvalue weighted by atomic mass is 32.1. The predicted octanol–water partition coefficient (Wildman–Crippen LogP) is 4.02. The quantitative estimate of drug-likeness (QED) is 0.669. The highest BCUT2D eigenvalue weighted by Gasteiger charge is 2.08. The van der Waals surface area contributed by atoms with Crippen LogP contribution in [0.1, 0.15) is 11.1 Å². The van der Waals surface area contributed by atoms with Crippen molar-refractivity contribution in [3.8, 4) is 5.75 Å². The van der Waals surface area contributed by atoms with Gasteiger partial charge in [-0.1, -0.05) is 30.3 Å². The van der Waals surface area contributed by atoms with Crippen LogP contribution in [0.3, 0.4) is 0 Å². The zero-order valence-electron chi connectivity index (χ0n) is 11.0. The van der Waals surface area contributed by atoms with Gasteiger partial charge in [0.05, 0.1) is 20.5 Å². The van der Waals surface area contributed by atoms with Crippen molar-refractivity contribution < 1.29 is 9.47 Å². The second kappa shape index (κ2) is 6.34. The van der Waals surface area contributed by atoms with Crippen LogP contribution in [0.4, 0.5) is 0 Å². The van der Waals surface area contributed by atoms with Gasteiger partial charge in [0.1, 0.15) is 5.75 Å². The number of methoxy groups -OCH3 is 2. The minimum atomic E-state index is 0.833. The molecule has 0 unspecified atom stereocenters. The van der Waals surface area contributed by atoms with Crippen LogP contribution in [0.25, 0.3) is 5.57 Å². The van der Waals surface area contributed by atoms with E-state index in [4.69, 9.17) is 9.47 Å². The van der Waals surface area contributed by atoms with Gasteiger partial charge < -0.3 is 9.47 Å². The minimum absolute atomic E-state index is 0.833. The molecule has 0 aliphatic heterocycles. The van der Waals surface area contributed by atoms with Crippen LogP contribution in [0.15, 0.2) is 59.7 Å². The van der Waals surface area contributed by atoms with Crippen LogP contribution in [0.2, 0.25) is 0 Å². The summed E-state index contributed by atoms with van der Waals surface area (Å²) in [4.78, 5) is 0.918. The summed E-state index contributed by atoms with van der Waals surface area (Å²) in [6.07, 6.45) is 1.73. The molecule has 0 spiro atoms. The summed E-state index contributed by atoms with van der Waals surface area (Å²) in [5, 5.41) is 0. The lowest BCUT2D eigenvalue weighted by Gasteiger charge is -2.11. The molecule has 2 aromatic rings. The zero-order chi connectivity index (χ0) is 13.7. The van der Waals surface area contributed by atoms with Crippen molar-refractivity contribution in [2.75, 3.05) is 14.2 Å². The highest BCUT2D eigenvalue weighted by Crippen LogP contribution is 2.29. The van der Waals surface area contributed by atoms with Crippen molar-refractivity contribution in [3.63, 3.8) is 0 Å². The van der Waals surface area contributed by atoms with Crippen LogP contribution >= 0.6 is 12.6 Å². The molecule has 2 rings (SSSR count). The zero-order valence-corrected chi connectivity index (χ0v) is 11.9. The fraction of sp³-hybridized carbons (Fsp3) is 0.125. The van der Waals surface area contributed by atoms with Gasteiger partial charge in [0.2, 0.25) is 0 Å². The Morgan fingerprint density at radius 1 is 1.00 bits per heavy atom. The van der Waals surface area contributed by atoms with Gasteiger partial charge in [0, 0.05) is 10.5 Å². The van der Waals surface area contributed by atoms with Gasteiger partial charge in [0.15, 0.2) is 0 Å². The summed E-state index contributed by atoms with van der Waals surface area (Å²) >= 11 is 4.50. The fourth-order valence-corrected chi connectivity index (χ4v) is 2.16. The molecular weight excluding hydrogens is 256 g/mol.